The van der Waals surface area contributed by atoms with Crippen LogP contribution in [0.5, 0.6) is 0 Å². The third-order valence-electron chi connectivity index (χ3n) is 4.47. The van der Waals surface area contributed by atoms with Crippen LogP contribution in [0.1, 0.15) is 49.3 Å². The first-order valence-corrected chi connectivity index (χ1v) is 6.48. The second kappa shape index (κ2) is 3.33. The summed E-state index contributed by atoms with van der Waals surface area (Å²) in [6.45, 7) is 5.79. The van der Waals surface area contributed by atoms with E-state index >= 15 is 0 Å². The van der Waals surface area contributed by atoms with Crippen LogP contribution in [0.25, 0.3) is 0 Å². The number of fused-ring (bicyclic) bond motifs is 2. The lowest BCUT2D eigenvalue weighted by molar-refractivity contribution is 0.208. The van der Waals surface area contributed by atoms with Crippen molar-refractivity contribution < 1.29 is 0 Å². The van der Waals surface area contributed by atoms with E-state index in [9.17, 15) is 0 Å². The second-order valence-electron chi connectivity index (χ2n) is 5.77. The lowest BCUT2D eigenvalue weighted by Gasteiger charge is -2.35. The average molecular weight is 215 g/mol. The molecule has 0 radical (unpaired) electrons. The summed E-state index contributed by atoms with van der Waals surface area (Å²) in [4.78, 5) is 2.56. The van der Waals surface area contributed by atoms with Gasteiger partial charge in [-0.1, -0.05) is 32.0 Å². The first kappa shape index (κ1) is 10.3. The zero-order valence-electron chi connectivity index (χ0n) is 10.6. The Morgan fingerprint density at radius 3 is 2.62 bits per heavy atom. The fourth-order valence-electron chi connectivity index (χ4n) is 3.11. The van der Waals surface area contributed by atoms with Crippen molar-refractivity contribution in [2.45, 2.75) is 44.6 Å². The third-order valence-corrected chi connectivity index (χ3v) is 4.47. The minimum atomic E-state index is 0.434. The van der Waals surface area contributed by atoms with E-state index in [1.165, 1.54) is 31.4 Å². The molecule has 3 rings (SSSR count). The molecule has 0 saturated heterocycles. The quantitative estimate of drug-likeness (QED) is 0.695. The van der Waals surface area contributed by atoms with Gasteiger partial charge in [0.25, 0.3) is 0 Å². The van der Waals surface area contributed by atoms with E-state index < -0.39 is 0 Å². The molecule has 1 aromatic rings. The molecule has 1 saturated carbocycles. The van der Waals surface area contributed by atoms with Crippen LogP contribution in [-0.4, -0.2) is 18.5 Å². The maximum absolute atomic E-state index is 2.56. The van der Waals surface area contributed by atoms with E-state index in [1.54, 1.807) is 11.1 Å². The molecule has 0 unspecified atom stereocenters. The van der Waals surface area contributed by atoms with Crippen LogP contribution in [0.3, 0.4) is 0 Å². The molecule has 1 heteroatoms. The van der Waals surface area contributed by atoms with E-state index in [-0.39, 0.29) is 0 Å². The summed E-state index contributed by atoms with van der Waals surface area (Å²) in [5.74, 6) is 0.653. The molecule has 0 atom stereocenters. The zero-order valence-corrected chi connectivity index (χ0v) is 10.6. The van der Waals surface area contributed by atoms with Gasteiger partial charge >= 0.3 is 0 Å². The molecule has 0 N–H and O–H groups in total. The molecule has 16 heavy (non-hydrogen) atoms. The number of nitrogens with zero attached hydrogens (tertiary/aromatic N) is 1. The van der Waals surface area contributed by atoms with Crippen LogP contribution in [-0.2, 0) is 12.0 Å². The van der Waals surface area contributed by atoms with Gasteiger partial charge in [0, 0.05) is 12.1 Å². The zero-order chi connectivity index (χ0) is 11.3. The third kappa shape index (κ3) is 1.34. The first-order valence-electron chi connectivity index (χ1n) is 6.48. The molecule has 0 bridgehead atoms. The Hall–Kier alpha value is -0.820. The molecule has 1 aliphatic heterocycles. The number of hydrogen-bond donors (Lipinski definition) is 0. The molecule has 2 aliphatic rings. The van der Waals surface area contributed by atoms with Crippen LogP contribution >= 0.6 is 0 Å². The molecule has 1 aliphatic carbocycles. The van der Waals surface area contributed by atoms with Gasteiger partial charge in [0.1, 0.15) is 0 Å². The molecule has 0 amide bonds. The predicted molar refractivity (Wildman–Crippen MR) is 67.8 cm³/mol. The monoisotopic (exact) mass is 215 g/mol. The molecule has 1 heterocycles. The largest absolute Gasteiger partial charge is 0.296 e. The van der Waals surface area contributed by atoms with Crippen LogP contribution < -0.4 is 0 Å². The maximum Gasteiger partial charge on any atom is 0.0462 e. The molecule has 1 fully saturated rings. The van der Waals surface area contributed by atoms with E-state index in [2.05, 4.69) is 44.0 Å². The van der Waals surface area contributed by atoms with Crippen molar-refractivity contribution in [3.63, 3.8) is 0 Å². The van der Waals surface area contributed by atoms with Crippen LogP contribution in [0.4, 0.5) is 0 Å². The molecule has 86 valence electrons. The van der Waals surface area contributed by atoms with Crippen molar-refractivity contribution >= 4 is 0 Å². The summed E-state index contributed by atoms with van der Waals surface area (Å²) in [6.07, 6.45) is 3.95. The highest BCUT2D eigenvalue weighted by Gasteiger charge is 2.50. The second-order valence-corrected chi connectivity index (χ2v) is 5.77. The molecule has 0 aromatic heterocycles. The van der Waals surface area contributed by atoms with Crippen molar-refractivity contribution in [1.29, 1.82) is 0 Å². The fraction of sp³-hybridized carbons (Fsp3) is 0.600. The Kier molecular flexibility index (Phi) is 2.16. The molecule has 1 aromatic carbocycles. The highest BCUT2D eigenvalue weighted by molar-refractivity contribution is 5.43. The topological polar surface area (TPSA) is 3.24 Å². The summed E-state index contributed by atoms with van der Waals surface area (Å²) >= 11 is 0. The molecule has 1 spiro atoms. The van der Waals surface area contributed by atoms with Gasteiger partial charge in [-0.2, -0.15) is 0 Å². The Bertz CT molecular complexity index is 415. The lowest BCUT2D eigenvalue weighted by Crippen LogP contribution is -2.38. The van der Waals surface area contributed by atoms with Gasteiger partial charge in [0.2, 0.25) is 0 Å². The number of benzene rings is 1. The Morgan fingerprint density at radius 1 is 1.25 bits per heavy atom. The molecular weight excluding hydrogens is 194 g/mol. The van der Waals surface area contributed by atoms with Crippen molar-refractivity contribution in [1.82, 2.24) is 4.90 Å². The van der Waals surface area contributed by atoms with Crippen LogP contribution in [0.15, 0.2) is 18.2 Å². The van der Waals surface area contributed by atoms with E-state index in [1.807, 2.05) is 0 Å². The number of likely N-dealkylation sites (N-methyl/N-ethyl adjacent to an activating group) is 1. The fourth-order valence-corrected chi connectivity index (χ4v) is 3.11. The van der Waals surface area contributed by atoms with Gasteiger partial charge in [-0.05, 0) is 48.9 Å². The number of rotatable bonds is 1. The number of hydrogen-bond acceptors (Lipinski definition) is 1. The summed E-state index contributed by atoms with van der Waals surface area (Å²) in [6, 6.07) is 7.18. The first-order chi connectivity index (χ1) is 7.63. The standard InChI is InChI=1S/C15H21N/c1-11(2)12-4-5-14-13(10-12)6-9-16(3)15(14)7-8-15/h4-5,10-11H,6-9H2,1-3H3. The average Bonchev–Trinajstić information content (AvgIpc) is 3.05. The molecule has 1 nitrogen and oxygen atoms in total. The van der Waals surface area contributed by atoms with Gasteiger partial charge < -0.3 is 0 Å². The maximum atomic E-state index is 2.56. The summed E-state index contributed by atoms with van der Waals surface area (Å²) < 4.78 is 0. The summed E-state index contributed by atoms with van der Waals surface area (Å²) in [7, 11) is 2.28. The smallest absolute Gasteiger partial charge is 0.0462 e. The van der Waals surface area contributed by atoms with Crippen molar-refractivity contribution in [2.24, 2.45) is 0 Å². The Balaban J connectivity index is 2.05. The highest BCUT2D eigenvalue weighted by Crippen LogP contribution is 2.53. The molecular formula is C15H21N. The SMILES string of the molecule is CC(C)c1ccc2c(c1)CCN(C)C21CC1. The highest BCUT2D eigenvalue weighted by atomic mass is 15.2. The Labute approximate surface area is 98.5 Å². The minimum Gasteiger partial charge on any atom is -0.296 e. The van der Waals surface area contributed by atoms with Gasteiger partial charge in [-0.3, -0.25) is 4.90 Å². The van der Waals surface area contributed by atoms with Gasteiger partial charge in [-0.25, -0.2) is 0 Å². The minimum absolute atomic E-state index is 0.434. The van der Waals surface area contributed by atoms with Gasteiger partial charge in [-0.15, -0.1) is 0 Å². The summed E-state index contributed by atoms with van der Waals surface area (Å²) in [5, 5.41) is 0. The van der Waals surface area contributed by atoms with Gasteiger partial charge in [0.15, 0.2) is 0 Å². The van der Waals surface area contributed by atoms with E-state index in [4.69, 9.17) is 0 Å². The summed E-state index contributed by atoms with van der Waals surface area (Å²) in [5.41, 5.74) is 5.16. The van der Waals surface area contributed by atoms with Crippen molar-refractivity contribution in [2.75, 3.05) is 13.6 Å². The Morgan fingerprint density at radius 2 is 2.00 bits per heavy atom. The predicted octanol–water partition coefficient (Wildman–Crippen LogP) is 3.29. The van der Waals surface area contributed by atoms with E-state index in [0.29, 0.717) is 11.5 Å². The van der Waals surface area contributed by atoms with E-state index in [0.717, 1.165) is 0 Å². The van der Waals surface area contributed by atoms with Crippen molar-refractivity contribution in [3.8, 4) is 0 Å². The van der Waals surface area contributed by atoms with Crippen LogP contribution in [0, 0.1) is 0 Å². The van der Waals surface area contributed by atoms with Crippen molar-refractivity contribution in [3.05, 3.63) is 34.9 Å². The van der Waals surface area contributed by atoms with Crippen LogP contribution in [0.2, 0.25) is 0 Å². The lowest BCUT2D eigenvalue weighted by atomic mass is 9.87. The normalized spacial score (nSPS) is 22.5. The van der Waals surface area contributed by atoms with Gasteiger partial charge in [0.05, 0.1) is 0 Å².